The Bertz CT molecular complexity index is 409. The molecule has 124 valence electrons. The molecule has 0 spiro atoms. The molecule has 2 atom stereocenters. The monoisotopic (exact) mass is 315 g/mol. The molecule has 0 bridgehead atoms. The Morgan fingerprint density at radius 1 is 0.955 bits per heavy atom. The fraction of sp³-hybridized carbons (Fsp3) is 0.538. The number of amides is 3. The van der Waals surface area contributed by atoms with E-state index in [4.69, 9.17) is 15.2 Å². The van der Waals surface area contributed by atoms with Gasteiger partial charge in [0.25, 0.3) is 0 Å². The third-order valence-corrected chi connectivity index (χ3v) is 2.15. The maximum absolute atomic E-state index is 11.3. The molecule has 0 aliphatic carbocycles. The number of urea groups is 1. The largest absolute Gasteiger partial charge is 0.460 e. The molecule has 0 aromatic heterocycles. The van der Waals surface area contributed by atoms with Crippen LogP contribution in [0.5, 0.6) is 0 Å². The first-order valence-electron chi connectivity index (χ1n) is 6.55. The van der Waals surface area contributed by atoms with Crippen LogP contribution in [0.4, 0.5) is 4.79 Å². The number of nitrogens with two attached hydrogens (primary N) is 1. The van der Waals surface area contributed by atoms with E-state index in [1.807, 2.05) is 0 Å². The number of hydrogen-bond acceptors (Lipinski definition) is 6. The van der Waals surface area contributed by atoms with Crippen molar-refractivity contribution >= 4 is 23.9 Å². The van der Waals surface area contributed by atoms with Crippen LogP contribution in [0.1, 0.15) is 20.8 Å². The SMILES string of the molecule is CC(=O)N[C@H](C)COC(=O)/C=C/C(=O)OC[C@@H](C)NC(N)=O. The Kier molecular flexibility index (Phi) is 9.00. The molecule has 0 saturated heterocycles. The average molecular weight is 315 g/mol. The number of primary amides is 1. The number of carbonyl (C=O) groups is 4. The van der Waals surface area contributed by atoms with Crippen LogP contribution < -0.4 is 16.4 Å². The van der Waals surface area contributed by atoms with Crippen LogP contribution in [0, 0.1) is 0 Å². The summed E-state index contributed by atoms with van der Waals surface area (Å²) >= 11 is 0. The lowest BCUT2D eigenvalue weighted by atomic mass is 10.3. The van der Waals surface area contributed by atoms with Gasteiger partial charge in [0.05, 0.1) is 12.1 Å². The van der Waals surface area contributed by atoms with Crippen molar-refractivity contribution in [3.05, 3.63) is 12.2 Å². The van der Waals surface area contributed by atoms with Crippen LogP contribution in [-0.2, 0) is 23.9 Å². The molecule has 9 heteroatoms. The number of carbonyl (C=O) groups excluding carboxylic acids is 4. The maximum atomic E-state index is 11.3. The predicted octanol–water partition coefficient (Wildman–Crippen LogP) is -0.790. The van der Waals surface area contributed by atoms with Crippen molar-refractivity contribution in [3.63, 3.8) is 0 Å². The Morgan fingerprint density at radius 3 is 1.73 bits per heavy atom. The van der Waals surface area contributed by atoms with Crippen LogP contribution in [-0.4, -0.2) is 49.2 Å². The smallest absolute Gasteiger partial charge is 0.331 e. The minimum Gasteiger partial charge on any atom is -0.460 e. The molecular weight excluding hydrogens is 294 g/mol. The standard InChI is InChI=1S/C13H21N3O6/c1-8(15-10(3)17)6-21-11(18)4-5-12(19)22-7-9(2)16-13(14)20/h4-5,8-9H,6-7H2,1-3H3,(H,15,17)(H3,14,16,20)/b5-4+/t8-,9-/m1/s1. The summed E-state index contributed by atoms with van der Waals surface area (Å²) < 4.78 is 9.58. The van der Waals surface area contributed by atoms with E-state index in [1.165, 1.54) is 6.92 Å². The number of nitrogens with one attached hydrogen (secondary N) is 2. The van der Waals surface area contributed by atoms with Gasteiger partial charge in [-0.15, -0.1) is 0 Å². The van der Waals surface area contributed by atoms with Crippen LogP contribution in [0.25, 0.3) is 0 Å². The number of ether oxygens (including phenoxy) is 2. The fourth-order valence-electron chi connectivity index (χ4n) is 1.32. The van der Waals surface area contributed by atoms with E-state index in [0.29, 0.717) is 0 Å². The van der Waals surface area contributed by atoms with Crippen LogP contribution in [0.2, 0.25) is 0 Å². The van der Waals surface area contributed by atoms with Gasteiger partial charge in [0, 0.05) is 19.1 Å². The Labute approximate surface area is 128 Å². The first-order chi connectivity index (χ1) is 10.2. The van der Waals surface area contributed by atoms with Crippen molar-refractivity contribution < 1.29 is 28.7 Å². The van der Waals surface area contributed by atoms with E-state index in [0.717, 1.165) is 12.2 Å². The Hall–Kier alpha value is -2.58. The maximum Gasteiger partial charge on any atom is 0.331 e. The van der Waals surface area contributed by atoms with E-state index in [2.05, 4.69) is 10.6 Å². The quantitative estimate of drug-likeness (QED) is 0.396. The third-order valence-electron chi connectivity index (χ3n) is 2.15. The van der Waals surface area contributed by atoms with E-state index < -0.39 is 24.0 Å². The number of hydrogen-bond donors (Lipinski definition) is 3. The van der Waals surface area contributed by atoms with Gasteiger partial charge in [-0.3, -0.25) is 4.79 Å². The predicted molar refractivity (Wildman–Crippen MR) is 76.5 cm³/mol. The average Bonchev–Trinajstić information content (AvgIpc) is 2.39. The highest BCUT2D eigenvalue weighted by molar-refractivity contribution is 5.91. The lowest BCUT2D eigenvalue weighted by Crippen LogP contribution is -2.39. The zero-order valence-corrected chi connectivity index (χ0v) is 12.8. The van der Waals surface area contributed by atoms with E-state index in [1.54, 1.807) is 13.8 Å². The summed E-state index contributed by atoms with van der Waals surface area (Å²) in [5.41, 5.74) is 4.89. The molecule has 0 fully saturated rings. The van der Waals surface area contributed by atoms with Gasteiger partial charge in [-0.2, -0.15) is 0 Å². The molecule has 3 amide bonds. The summed E-state index contributed by atoms with van der Waals surface area (Å²) in [5.74, 6) is -1.73. The zero-order valence-electron chi connectivity index (χ0n) is 12.8. The van der Waals surface area contributed by atoms with E-state index >= 15 is 0 Å². The summed E-state index contributed by atoms with van der Waals surface area (Å²) in [4.78, 5) is 43.9. The zero-order chi connectivity index (χ0) is 17.1. The highest BCUT2D eigenvalue weighted by Gasteiger charge is 2.08. The molecule has 0 heterocycles. The fourth-order valence-corrected chi connectivity index (χ4v) is 1.32. The topological polar surface area (TPSA) is 137 Å². The van der Waals surface area contributed by atoms with Gasteiger partial charge in [-0.25, -0.2) is 14.4 Å². The summed E-state index contributed by atoms with van der Waals surface area (Å²) in [7, 11) is 0. The molecule has 0 radical (unpaired) electrons. The number of esters is 2. The molecule has 0 aliphatic rings. The lowest BCUT2D eigenvalue weighted by molar-refractivity contribution is -0.141. The number of rotatable bonds is 8. The second kappa shape index (κ2) is 10.2. The van der Waals surface area contributed by atoms with Gasteiger partial charge in [0.1, 0.15) is 13.2 Å². The molecule has 22 heavy (non-hydrogen) atoms. The highest BCUT2D eigenvalue weighted by atomic mass is 16.5. The molecule has 0 saturated carbocycles. The summed E-state index contributed by atoms with van der Waals surface area (Å²) in [5, 5.41) is 4.86. The van der Waals surface area contributed by atoms with Gasteiger partial charge in [0.15, 0.2) is 0 Å². The van der Waals surface area contributed by atoms with Crippen molar-refractivity contribution in [2.45, 2.75) is 32.9 Å². The van der Waals surface area contributed by atoms with Crippen molar-refractivity contribution in [3.8, 4) is 0 Å². The minimum atomic E-state index is -0.759. The first-order valence-corrected chi connectivity index (χ1v) is 6.55. The molecular formula is C13H21N3O6. The molecule has 0 rings (SSSR count). The molecule has 4 N–H and O–H groups in total. The Morgan fingerprint density at radius 2 is 1.36 bits per heavy atom. The van der Waals surface area contributed by atoms with Gasteiger partial charge >= 0.3 is 18.0 Å². The van der Waals surface area contributed by atoms with Crippen LogP contribution >= 0.6 is 0 Å². The van der Waals surface area contributed by atoms with E-state index in [9.17, 15) is 19.2 Å². The van der Waals surface area contributed by atoms with Gasteiger partial charge in [0.2, 0.25) is 5.91 Å². The van der Waals surface area contributed by atoms with Crippen molar-refractivity contribution in [2.24, 2.45) is 5.73 Å². The van der Waals surface area contributed by atoms with Gasteiger partial charge in [-0.05, 0) is 13.8 Å². The summed E-state index contributed by atoms with van der Waals surface area (Å²) in [6.45, 7) is 4.51. The molecule has 0 aliphatic heterocycles. The van der Waals surface area contributed by atoms with E-state index in [-0.39, 0.29) is 25.2 Å². The first kappa shape index (κ1) is 19.4. The summed E-state index contributed by atoms with van der Waals surface area (Å²) in [6, 6.07) is -1.50. The molecule has 0 aromatic carbocycles. The second-order valence-corrected chi connectivity index (χ2v) is 4.60. The van der Waals surface area contributed by atoms with Gasteiger partial charge < -0.3 is 25.8 Å². The molecule has 9 nitrogen and oxygen atoms in total. The Balaban J connectivity index is 3.98. The van der Waals surface area contributed by atoms with Crippen LogP contribution in [0.15, 0.2) is 12.2 Å². The van der Waals surface area contributed by atoms with Crippen molar-refractivity contribution in [1.82, 2.24) is 10.6 Å². The summed E-state index contributed by atoms with van der Waals surface area (Å²) in [6.07, 6.45) is 1.82. The van der Waals surface area contributed by atoms with Crippen molar-refractivity contribution in [1.29, 1.82) is 0 Å². The molecule has 0 aromatic rings. The van der Waals surface area contributed by atoms with Gasteiger partial charge in [-0.1, -0.05) is 0 Å². The van der Waals surface area contributed by atoms with Crippen molar-refractivity contribution in [2.75, 3.05) is 13.2 Å². The second-order valence-electron chi connectivity index (χ2n) is 4.60. The normalized spacial score (nSPS) is 13.0. The third kappa shape index (κ3) is 11.3. The van der Waals surface area contributed by atoms with Crippen LogP contribution in [0.3, 0.4) is 0 Å². The lowest BCUT2D eigenvalue weighted by Gasteiger charge is -2.12. The minimum absolute atomic E-state index is 0.0165. The molecule has 0 unspecified atom stereocenters. The highest BCUT2D eigenvalue weighted by Crippen LogP contribution is 1.91.